The molecule has 1 N–H and O–H groups in total. The Morgan fingerprint density at radius 1 is 0.852 bits per heavy atom. The molecular formula is C20H25N3O4. The molecule has 1 fully saturated rings. The van der Waals surface area contributed by atoms with Crippen LogP contribution >= 0.6 is 0 Å². The third kappa shape index (κ3) is 3.22. The van der Waals surface area contributed by atoms with Gasteiger partial charge in [0.15, 0.2) is 0 Å². The van der Waals surface area contributed by atoms with Crippen LogP contribution < -0.4 is 5.32 Å². The summed E-state index contributed by atoms with van der Waals surface area (Å²) in [5.41, 5.74) is 0.000579. The summed E-state index contributed by atoms with van der Waals surface area (Å²) in [4.78, 5) is 52.4. The van der Waals surface area contributed by atoms with Crippen molar-refractivity contribution in [2.24, 2.45) is 0 Å². The Balaban J connectivity index is 1.63. The quantitative estimate of drug-likeness (QED) is 0.562. The Kier molecular flexibility index (Phi) is 5.30. The van der Waals surface area contributed by atoms with Gasteiger partial charge in [0.2, 0.25) is 0 Å². The molecule has 1 aromatic carbocycles. The lowest BCUT2D eigenvalue weighted by Crippen LogP contribution is -2.46. The summed E-state index contributed by atoms with van der Waals surface area (Å²) < 4.78 is 0. The SMILES string of the molecule is CCCC1(CCC)NC(=O)N(CCCN2C(=O)c3ccccc3C2=O)C1=O. The number of nitrogens with one attached hydrogen (secondary N) is 1. The lowest BCUT2D eigenvalue weighted by atomic mass is 9.88. The first-order valence-corrected chi connectivity index (χ1v) is 9.54. The van der Waals surface area contributed by atoms with E-state index in [1.54, 1.807) is 24.3 Å². The largest absolute Gasteiger partial charge is 0.325 e. The minimum atomic E-state index is -0.809. The Hall–Kier alpha value is -2.70. The molecule has 5 amide bonds. The van der Waals surface area contributed by atoms with E-state index in [-0.39, 0.29) is 36.8 Å². The van der Waals surface area contributed by atoms with Gasteiger partial charge in [0, 0.05) is 13.1 Å². The molecule has 1 saturated heterocycles. The van der Waals surface area contributed by atoms with Gasteiger partial charge in [-0.1, -0.05) is 38.8 Å². The fourth-order valence-electron chi connectivity index (χ4n) is 4.03. The van der Waals surface area contributed by atoms with Crippen LogP contribution in [0.15, 0.2) is 24.3 Å². The summed E-state index contributed by atoms with van der Waals surface area (Å²) in [6.45, 7) is 4.34. The number of fused-ring (bicyclic) bond motifs is 1. The molecular weight excluding hydrogens is 346 g/mol. The smallest absolute Gasteiger partial charge is 0.323 e. The summed E-state index contributed by atoms with van der Waals surface area (Å²) in [5, 5.41) is 2.87. The highest BCUT2D eigenvalue weighted by molar-refractivity contribution is 6.21. The molecule has 2 aliphatic heterocycles. The highest BCUT2D eigenvalue weighted by Gasteiger charge is 2.49. The molecule has 3 rings (SSSR count). The van der Waals surface area contributed by atoms with E-state index in [1.807, 2.05) is 13.8 Å². The summed E-state index contributed by atoms with van der Waals surface area (Å²) in [7, 11) is 0. The zero-order valence-corrected chi connectivity index (χ0v) is 15.8. The summed E-state index contributed by atoms with van der Waals surface area (Å²) in [6.07, 6.45) is 3.18. The Morgan fingerprint density at radius 2 is 1.37 bits per heavy atom. The number of imide groups is 2. The summed E-state index contributed by atoms with van der Waals surface area (Å²) >= 11 is 0. The number of carbonyl (C=O) groups is 4. The van der Waals surface area contributed by atoms with Crippen LogP contribution in [0.4, 0.5) is 4.79 Å². The van der Waals surface area contributed by atoms with Gasteiger partial charge < -0.3 is 5.32 Å². The van der Waals surface area contributed by atoms with Crippen LogP contribution in [0.25, 0.3) is 0 Å². The molecule has 7 heteroatoms. The van der Waals surface area contributed by atoms with Crippen molar-refractivity contribution in [1.29, 1.82) is 0 Å². The van der Waals surface area contributed by atoms with Crippen LogP contribution in [-0.4, -0.2) is 52.2 Å². The predicted molar refractivity (Wildman–Crippen MR) is 99.2 cm³/mol. The average Bonchev–Trinajstić information content (AvgIpc) is 3.02. The molecule has 0 radical (unpaired) electrons. The van der Waals surface area contributed by atoms with Crippen molar-refractivity contribution in [2.45, 2.75) is 51.5 Å². The second-order valence-electron chi connectivity index (χ2n) is 7.13. The molecule has 0 saturated carbocycles. The number of hydrogen-bond donors (Lipinski definition) is 1. The van der Waals surface area contributed by atoms with Gasteiger partial charge in [0.05, 0.1) is 11.1 Å². The summed E-state index contributed by atoms with van der Waals surface area (Å²) in [5.74, 6) is -0.836. The van der Waals surface area contributed by atoms with E-state index in [4.69, 9.17) is 0 Å². The van der Waals surface area contributed by atoms with Gasteiger partial charge in [0.25, 0.3) is 17.7 Å². The minimum absolute atomic E-state index is 0.179. The van der Waals surface area contributed by atoms with Crippen LogP contribution in [-0.2, 0) is 4.79 Å². The average molecular weight is 371 g/mol. The van der Waals surface area contributed by atoms with Crippen LogP contribution in [0.2, 0.25) is 0 Å². The maximum Gasteiger partial charge on any atom is 0.325 e. The summed E-state index contributed by atoms with van der Waals surface area (Å²) in [6, 6.07) is 6.33. The minimum Gasteiger partial charge on any atom is -0.323 e. The van der Waals surface area contributed by atoms with Crippen LogP contribution in [0.1, 0.15) is 66.7 Å². The molecule has 0 spiro atoms. The monoisotopic (exact) mass is 371 g/mol. The number of nitrogens with zero attached hydrogens (tertiary/aromatic N) is 2. The van der Waals surface area contributed by atoms with Gasteiger partial charge in [-0.05, 0) is 31.4 Å². The number of carbonyl (C=O) groups excluding carboxylic acids is 4. The molecule has 27 heavy (non-hydrogen) atoms. The van der Waals surface area contributed by atoms with E-state index in [9.17, 15) is 19.2 Å². The van der Waals surface area contributed by atoms with E-state index < -0.39 is 5.54 Å². The van der Waals surface area contributed by atoms with E-state index >= 15 is 0 Å². The fraction of sp³-hybridized carbons (Fsp3) is 0.500. The maximum absolute atomic E-state index is 12.8. The first-order valence-electron chi connectivity index (χ1n) is 9.54. The van der Waals surface area contributed by atoms with Crippen molar-refractivity contribution in [3.05, 3.63) is 35.4 Å². The lowest BCUT2D eigenvalue weighted by Gasteiger charge is -2.25. The maximum atomic E-state index is 12.8. The van der Waals surface area contributed by atoms with Crippen molar-refractivity contribution in [3.63, 3.8) is 0 Å². The van der Waals surface area contributed by atoms with Gasteiger partial charge in [-0.15, -0.1) is 0 Å². The van der Waals surface area contributed by atoms with Crippen molar-refractivity contribution >= 4 is 23.8 Å². The molecule has 2 aliphatic rings. The van der Waals surface area contributed by atoms with E-state index in [2.05, 4.69) is 5.32 Å². The number of benzene rings is 1. The first-order chi connectivity index (χ1) is 12.9. The molecule has 144 valence electrons. The molecule has 7 nitrogen and oxygen atoms in total. The molecule has 0 unspecified atom stereocenters. The second kappa shape index (κ2) is 7.50. The van der Waals surface area contributed by atoms with E-state index in [0.717, 1.165) is 12.8 Å². The van der Waals surface area contributed by atoms with Crippen molar-refractivity contribution in [3.8, 4) is 0 Å². The Bertz CT molecular complexity index is 748. The van der Waals surface area contributed by atoms with Gasteiger partial charge in [0.1, 0.15) is 5.54 Å². The van der Waals surface area contributed by atoms with Gasteiger partial charge in [-0.2, -0.15) is 0 Å². The van der Waals surface area contributed by atoms with Crippen molar-refractivity contribution in [1.82, 2.24) is 15.1 Å². The van der Waals surface area contributed by atoms with Gasteiger partial charge >= 0.3 is 6.03 Å². The molecule has 0 aromatic heterocycles. The lowest BCUT2D eigenvalue weighted by molar-refractivity contribution is -0.131. The van der Waals surface area contributed by atoms with Crippen molar-refractivity contribution < 1.29 is 19.2 Å². The Labute approximate surface area is 158 Å². The normalized spacial score (nSPS) is 18.3. The van der Waals surface area contributed by atoms with Crippen molar-refractivity contribution in [2.75, 3.05) is 13.1 Å². The van der Waals surface area contributed by atoms with E-state index in [1.165, 1.54) is 9.80 Å². The molecule has 0 bridgehead atoms. The highest BCUT2D eigenvalue weighted by atomic mass is 16.2. The van der Waals surface area contributed by atoms with Crippen LogP contribution in [0, 0.1) is 0 Å². The van der Waals surface area contributed by atoms with E-state index in [0.29, 0.717) is 30.4 Å². The zero-order valence-electron chi connectivity index (χ0n) is 15.8. The van der Waals surface area contributed by atoms with Crippen LogP contribution in [0.3, 0.4) is 0 Å². The fourth-order valence-corrected chi connectivity index (χ4v) is 4.03. The third-order valence-electron chi connectivity index (χ3n) is 5.24. The van der Waals surface area contributed by atoms with Crippen LogP contribution in [0.5, 0.6) is 0 Å². The van der Waals surface area contributed by atoms with Gasteiger partial charge in [-0.25, -0.2) is 4.79 Å². The molecule has 1 aromatic rings. The van der Waals surface area contributed by atoms with Gasteiger partial charge in [-0.3, -0.25) is 24.2 Å². The number of urea groups is 1. The second-order valence-corrected chi connectivity index (χ2v) is 7.13. The molecule has 0 aliphatic carbocycles. The third-order valence-corrected chi connectivity index (χ3v) is 5.24. The number of amides is 5. The standard InChI is InChI=1S/C20H25N3O4/c1-3-10-20(11-4-2)18(26)23(19(27)21-20)13-7-12-22-16(24)14-8-5-6-9-15(14)17(22)25/h5-6,8-9H,3-4,7,10-13H2,1-2H3,(H,21,27). The Morgan fingerprint density at radius 3 is 1.89 bits per heavy atom. The molecule has 2 heterocycles. The topological polar surface area (TPSA) is 86.8 Å². The number of hydrogen-bond acceptors (Lipinski definition) is 4. The first kappa shape index (κ1) is 19.1. The number of rotatable bonds is 8. The highest BCUT2D eigenvalue weighted by Crippen LogP contribution is 2.28. The molecule has 0 atom stereocenters. The predicted octanol–water partition coefficient (Wildman–Crippen LogP) is 2.56. The zero-order chi connectivity index (χ0) is 19.6.